The van der Waals surface area contributed by atoms with E-state index in [9.17, 15) is 49.7 Å². The molecule has 212 valence electrons. The molecule has 0 radical (unpaired) electrons. The Bertz CT molecular complexity index is 728. The molecule has 10 N–H and O–H groups in total. The summed E-state index contributed by atoms with van der Waals surface area (Å²) in [5, 5.41) is 61.5. The van der Waals surface area contributed by atoms with E-state index in [2.05, 4.69) is 14.4 Å². The fraction of sp³-hybridized carbons (Fsp3) is 0.895. The van der Waals surface area contributed by atoms with E-state index in [0.29, 0.717) is 0 Å². The van der Waals surface area contributed by atoms with E-state index >= 15 is 0 Å². The Morgan fingerprint density at radius 3 is 2.39 bits per heavy atom. The number of ketones is 1. The molecule has 1 amide bonds. The van der Waals surface area contributed by atoms with E-state index in [1.165, 1.54) is 6.92 Å². The number of hydrogen-bond acceptors (Lipinski definition) is 14. The van der Waals surface area contributed by atoms with Gasteiger partial charge in [0.1, 0.15) is 36.3 Å². The van der Waals surface area contributed by atoms with Gasteiger partial charge in [0, 0.05) is 25.3 Å². The minimum Gasteiger partial charge on any atom is -0.394 e. The summed E-state index contributed by atoms with van der Waals surface area (Å²) in [5.41, 5.74) is 5.13. The van der Waals surface area contributed by atoms with E-state index in [-0.39, 0.29) is 31.7 Å². The average molecular weight is 548 g/mol. The first-order valence-electron chi connectivity index (χ1n) is 11.2. The van der Waals surface area contributed by atoms with Gasteiger partial charge in [-0.15, -0.1) is 0 Å². The normalized spacial score (nSPS) is 28.6. The van der Waals surface area contributed by atoms with Crippen LogP contribution in [0.25, 0.3) is 0 Å². The zero-order valence-corrected chi connectivity index (χ0v) is 20.7. The molecule has 0 spiro atoms. The second kappa shape index (κ2) is 16.0. The second-order valence-electron chi connectivity index (χ2n) is 8.17. The predicted octanol–water partition coefficient (Wildman–Crippen LogP) is -4.28. The molecule has 1 rings (SSSR count). The molecular formula is C19H37N2O14P. The number of phosphoric acid groups is 1. The Morgan fingerprint density at radius 2 is 1.81 bits per heavy atom. The molecule has 0 saturated carbocycles. The van der Waals surface area contributed by atoms with Gasteiger partial charge in [0.25, 0.3) is 0 Å². The minimum atomic E-state index is -4.70. The summed E-state index contributed by atoms with van der Waals surface area (Å²) in [7, 11) is -4.70. The van der Waals surface area contributed by atoms with Crippen LogP contribution in [0.2, 0.25) is 0 Å². The molecule has 1 heterocycles. The highest BCUT2D eigenvalue weighted by molar-refractivity contribution is 7.47. The van der Waals surface area contributed by atoms with Gasteiger partial charge in [-0.05, 0) is 0 Å². The van der Waals surface area contributed by atoms with Gasteiger partial charge in [0.2, 0.25) is 5.91 Å². The maximum Gasteiger partial charge on any atom is 0.472 e. The van der Waals surface area contributed by atoms with Gasteiger partial charge in [-0.2, -0.15) is 0 Å². The Kier molecular flexibility index (Phi) is 14.6. The van der Waals surface area contributed by atoms with Crippen molar-refractivity contribution in [2.45, 2.75) is 62.7 Å². The molecule has 1 aliphatic heterocycles. The highest BCUT2D eigenvalue weighted by Crippen LogP contribution is 2.43. The first kappa shape index (κ1) is 32.9. The number of aliphatic hydroxyl groups excluding tert-OH is 6. The Hall–Kier alpha value is -1.11. The lowest BCUT2D eigenvalue weighted by Crippen LogP contribution is -2.57. The fourth-order valence-electron chi connectivity index (χ4n) is 3.13. The summed E-state index contributed by atoms with van der Waals surface area (Å²) in [6.45, 7) is -1.74. The highest BCUT2D eigenvalue weighted by atomic mass is 31.2. The smallest absolute Gasteiger partial charge is 0.394 e. The molecule has 17 heteroatoms. The predicted molar refractivity (Wildman–Crippen MR) is 119 cm³/mol. The van der Waals surface area contributed by atoms with Crippen LogP contribution in [0.5, 0.6) is 0 Å². The Labute approximate surface area is 207 Å². The largest absolute Gasteiger partial charge is 0.472 e. The summed E-state index contributed by atoms with van der Waals surface area (Å²) in [6.07, 6.45) is -10.6. The van der Waals surface area contributed by atoms with Gasteiger partial charge < -0.3 is 56.1 Å². The average Bonchev–Trinajstić information content (AvgIpc) is 2.86. The number of carbonyl (C=O) groups excluding carboxylic acids is 2. The van der Waals surface area contributed by atoms with Crippen molar-refractivity contribution in [1.82, 2.24) is 5.32 Å². The minimum absolute atomic E-state index is 0.0418. The third-order valence-corrected chi connectivity index (χ3v) is 6.38. The molecule has 0 aromatic carbocycles. The van der Waals surface area contributed by atoms with E-state index in [1.807, 2.05) is 0 Å². The number of amides is 1. The molecule has 1 aliphatic rings. The Balaban J connectivity index is 2.48. The molecule has 0 aromatic rings. The van der Waals surface area contributed by atoms with Crippen LogP contribution >= 0.6 is 7.82 Å². The van der Waals surface area contributed by atoms with Crippen LogP contribution in [0.15, 0.2) is 0 Å². The lowest BCUT2D eigenvalue weighted by molar-refractivity contribution is -0.306. The third kappa shape index (κ3) is 10.7. The number of aliphatic hydroxyl groups is 6. The molecule has 9 atom stereocenters. The van der Waals surface area contributed by atoms with Crippen molar-refractivity contribution in [3.05, 3.63) is 0 Å². The van der Waals surface area contributed by atoms with Crippen molar-refractivity contribution in [2.24, 2.45) is 11.7 Å². The number of nitrogens with one attached hydrogen (secondary N) is 1. The lowest BCUT2D eigenvalue weighted by atomic mass is 9.92. The summed E-state index contributed by atoms with van der Waals surface area (Å²) in [6, 6.07) is 0. The second-order valence-corrected chi connectivity index (χ2v) is 9.62. The summed E-state index contributed by atoms with van der Waals surface area (Å²) in [4.78, 5) is 32.3. The molecule has 36 heavy (non-hydrogen) atoms. The van der Waals surface area contributed by atoms with Gasteiger partial charge >= 0.3 is 7.82 Å². The summed E-state index contributed by atoms with van der Waals surface area (Å²) < 4.78 is 32.0. The molecule has 0 aliphatic carbocycles. The SMILES string of the molecule is CC1[C@@H](O[C@H](CO)[C@@H](O)[C@@H](O)COP(=O)(O)OCCNC(=O)CCC(=O)CN)OC(CO)[C@@H](O)[C@@H]1O. The molecule has 0 aromatic heterocycles. The number of Topliss-reactive ketones (excluding diaryl/α,β-unsaturated/α-hetero) is 1. The van der Waals surface area contributed by atoms with Crippen LogP contribution < -0.4 is 11.1 Å². The van der Waals surface area contributed by atoms with Crippen LogP contribution in [0.4, 0.5) is 0 Å². The van der Waals surface area contributed by atoms with Crippen molar-refractivity contribution < 1.29 is 68.2 Å². The van der Waals surface area contributed by atoms with Crippen LogP contribution in [0.1, 0.15) is 19.8 Å². The van der Waals surface area contributed by atoms with Gasteiger partial charge in [0.05, 0.1) is 39.1 Å². The molecule has 1 saturated heterocycles. The summed E-state index contributed by atoms with van der Waals surface area (Å²) >= 11 is 0. The summed E-state index contributed by atoms with van der Waals surface area (Å²) in [5.74, 6) is -1.63. The number of rotatable bonds is 17. The maximum absolute atomic E-state index is 11.9. The van der Waals surface area contributed by atoms with Gasteiger partial charge in [-0.3, -0.25) is 18.6 Å². The van der Waals surface area contributed by atoms with Gasteiger partial charge in [-0.25, -0.2) is 4.57 Å². The quantitative estimate of drug-likeness (QED) is 0.0615. The number of phosphoric ester groups is 1. The van der Waals surface area contributed by atoms with Crippen LogP contribution in [-0.2, 0) is 32.7 Å². The standard InChI is InChI=1S/C19H37N2O14P/c1-10-16(27)18(29)14(8-23)35-19(10)34-13(7-22)17(28)12(25)9-33-36(30,31)32-5-4-21-15(26)3-2-11(24)6-20/h10,12-14,16-19,22-23,25,27-29H,2-9,20H2,1H3,(H,21,26)(H,30,31)/t10?,12-,13+,14?,16+,17-,18+,19-/m0/s1. The lowest BCUT2D eigenvalue weighted by Gasteiger charge is -2.42. The molecule has 0 bridgehead atoms. The van der Waals surface area contributed by atoms with E-state index < -0.39 is 89.0 Å². The van der Waals surface area contributed by atoms with E-state index in [0.717, 1.165) is 0 Å². The molecule has 16 nitrogen and oxygen atoms in total. The van der Waals surface area contributed by atoms with Crippen LogP contribution in [-0.4, -0.2) is 130 Å². The topological polar surface area (TPSA) is 268 Å². The van der Waals surface area contributed by atoms with E-state index in [1.54, 1.807) is 0 Å². The number of hydrogen-bond donors (Lipinski definition) is 9. The van der Waals surface area contributed by atoms with Crippen molar-refractivity contribution in [3.63, 3.8) is 0 Å². The number of carbonyl (C=O) groups is 2. The molecule has 1 fully saturated rings. The van der Waals surface area contributed by atoms with Crippen LogP contribution in [0, 0.1) is 5.92 Å². The van der Waals surface area contributed by atoms with Crippen molar-refractivity contribution in [1.29, 1.82) is 0 Å². The van der Waals surface area contributed by atoms with Crippen molar-refractivity contribution in [3.8, 4) is 0 Å². The van der Waals surface area contributed by atoms with Gasteiger partial charge in [-0.1, -0.05) is 6.92 Å². The zero-order chi connectivity index (χ0) is 27.5. The van der Waals surface area contributed by atoms with Gasteiger partial charge in [0.15, 0.2) is 6.29 Å². The van der Waals surface area contributed by atoms with Crippen LogP contribution in [0.3, 0.4) is 0 Å². The molecular weight excluding hydrogens is 511 g/mol. The number of nitrogens with two attached hydrogens (primary N) is 1. The third-order valence-electron chi connectivity index (χ3n) is 5.40. The monoisotopic (exact) mass is 548 g/mol. The van der Waals surface area contributed by atoms with Crippen molar-refractivity contribution >= 4 is 19.5 Å². The molecule has 3 unspecified atom stereocenters. The maximum atomic E-state index is 11.9. The Morgan fingerprint density at radius 1 is 1.14 bits per heavy atom. The van der Waals surface area contributed by atoms with Crippen molar-refractivity contribution in [2.75, 3.05) is 39.5 Å². The first-order chi connectivity index (χ1) is 16.9. The first-order valence-corrected chi connectivity index (χ1v) is 12.7. The number of ether oxygens (including phenoxy) is 2. The highest BCUT2D eigenvalue weighted by Gasteiger charge is 2.44. The fourth-order valence-corrected chi connectivity index (χ4v) is 3.87. The zero-order valence-electron chi connectivity index (χ0n) is 19.8. The van der Waals surface area contributed by atoms with E-state index in [4.69, 9.17) is 15.2 Å².